The normalized spacial score (nSPS) is 14.8. The van der Waals surface area contributed by atoms with Crippen molar-refractivity contribution in [2.45, 2.75) is 45.1 Å². The standard InChI is InChI=1S/C13H20N4S/c1-9(2)11-7-13(16-8-15-11)17(10-3-4-10)6-5-12(14)18/h7-10H,3-6H2,1-2H3,(H2,14,18). The lowest BCUT2D eigenvalue weighted by Crippen LogP contribution is -2.30. The summed E-state index contributed by atoms with van der Waals surface area (Å²) in [5.41, 5.74) is 6.67. The highest BCUT2D eigenvalue weighted by Gasteiger charge is 2.30. The highest BCUT2D eigenvalue weighted by Crippen LogP contribution is 2.31. The minimum absolute atomic E-state index is 0.420. The predicted octanol–water partition coefficient (Wildman–Crippen LogP) is 2.25. The molecule has 98 valence electrons. The van der Waals surface area contributed by atoms with Gasteiger partial charge in [-0.15, -0.1) is 0 Å². The molecule has 0 amide bonds. The van der Waals surface area contributed by atoms with Crippen LogP contribution in [0, 0.1) is 0 Å². The SMILES string of the molecule is CC(C)c1cc(N(CCC(N)=S)C2CC2)ncn1. The molecule has 1 aromatic heterocycles. The zero-order valence-corrected chi connectivity index (χ0v) is 11.8. The van der Waals surface area contributed by atoms with Gasteiger partial charge in [-0.1, -0.05) is 26.1 Å². The molecule has 0 radical (unpaired) electrons. The first-order valence-electron chi connectivity index (χ1n) is 6.45. The van der Waals surface area contributed by atoms with Crippen molar-refractivity contribution in [3.63, 3.8) is 0 Å². The molecule has 0 saturated heterocycles. The van der Waals surface area contributed by atoms with Gasteiger partial charge in [-0.3, -0.25) is 0 Å². The zero-order chi connectivity index (χ0) is 13.1. The van der Waals surface area contributed by atoms with Crippen molar-refractivity contribution in [1.29, 1.82) is 0 Å². The van der Waals surface area contributed by atoms with Gasteiger partial charge in [0.1, 0.15) is 12.1 Å². The van der Waals surface area contributed by atoms with Crippen molar-refractivity contribution >= 4 is 23.0 Å². The minimum atomic E-state index is 0.420. The van der Waals surface area contributed by atoms with Gasteiger partial charge in [0.2, 0.25) is 0 Å². The summed E-state index contributed by atoms with van der Waals surface area (Å²) in [7, 11) is 0. The number of thiocarbonyl (C=S) groups is 1. The largest absolute Gasteiger partial charge is 0.393 e. The first-order valence-corrected chi connectivity index (χ1v) is 6.85. The van der Waals surface area contributed by atoms with Crippen LogP contribution in [0.3, 0.4) is 0 Å². The lowest BCUT2D eigenvalue weighted by Gasteiger charge is -2.23. The van der Waals surface area contributed by atoms with Crippen molar-refractivity contribution in [3.05, 3.63) is 18.1 Å². The topological polar surface area (TPSA) is 55.0 Å². The van der Waals surface area contributed by atoms with Gasteiger partial charge in [-0.2, -0.15) is 0 Å². The highest BCUT2D eigenvalue weighted by atomic mass is 32.1. The fourth-order valence-electron chi connectivity index (χ4n) is 1.94. The van der Waals surface area contributed by atoms with E-state index in [2.05, 4.69) is 34.8 Å². The molecular weight excluding hydrogens is 244 g/mol. The molecule has 4 nitrogen and oxygen atoms in total. The molecule has 0 atom stereocenters. The first kappa shape index (κ1) is 13.2. The summed E-state index contributed by atoms with van der Waals surface area (Å²) < 4.78 is 0. The van der Waals surface area contributed by atoms with E-state index in [1.165, 1.54) is 12.8 Å². The average Bonchev–Trinajstić information content (AvgIpc) is 3.14. The van der Waals surface area contributed by atoms with Gasteiger partial charge in [-0.05, 0) is 18.8 Å². The molecule has 1 saturated carbocycles. The van der Waals surface area contributed by atoms with Crippen molar-refractivity contribution in [2.75, 3.05) is 11.4 Å². The van der Waals surface area contributed by atoms with Crippen LogP contribution in [-0.4, -0.2) is 27.5 Å². The summed E-state index contributed by atoms with van der Waals surface area (Å²) >= 11 is 4.96. The predicted molar refractivity (Wildman–Crippen MR) is 77.9 cm³/mol. The van der Waals surface area contributed by atoms with Crippen LogP contribution >= 0.6 is 12.2 Å². The van der Waals surface area contributed by atoms with Crippen molar-refractivity contribution in [3.8, 4) is 0 Å². The number of rotatable bonds is 6. The molecular formula is C13H20N4S. The fourth-order valence-corrected chi connectivity index (χ4v) is 2.03. The molecule has 2 N–H and O–H groups in total. The molecule has 0 aliphatic heterocycles. The monoisotopic (exact) mass is 264 g/mol. The zero-order valence-electron chi connectivity index (χ0n) is 11.0. The van der Waals surface area contributed by atoms with Crippen LogP contribution in [0.4, 0.5) is 5.82 Å². The third-order valence-corrected chi connectivity index (χ3v) is 3.35. The average molecular weight is 264 g/mol. The molecule has 18 heavy (non-hydrogen) atoms. The second-order valence-electron chi connectivity index (χ2n) is 5.10. The van der Waals surface area contributed by atoms with E-state index in [4.69, 9.17) is 18.0 Å². The maximum absolute atomic E-state index is 5.59. The lowest BCUT2D eigenvalue weighted by atomic mass is 10.1. The smallest absolute Gasteiger partial charge is 0.132 e. The van der Waals surface area contributed by atoms with Gasteiger partial charge in [0.15, 0.2) is 0 Å². The molecule has 1 aromatic rings. The van der Waals surface area contributed by atoms with Crippen molar-refractivity contribution < 1.29 is 0 Å². The third-order valence-electron chi connectivity index (χ3n) is 3.15. The van der Waals surface area contributed by atoms with Crippen LogP contribution in [0.25, 0.3) is 0 Å². The Bertz CT molecular complexity index is 429. The van der Waals surface area contributed by atoms with E-state index in [1.54, 1.807) is 6.33 Å². The van der Waals surface area contributed by atoms with E-state index in [1.807, 2.05) is 0 Å². The molecule has 0 aromatic carbocycles. The maximum atomic E-state index is 5.59. The Labute approximate surface area is 114 Å². The second-order valence-corrected chi connectivity index (χ2v) is 5.62. The molecule has 0 unspecified atom stereocenters. The molecule has 1 fully saturated rings. The fraction of sp³-hybridized carbons (Fsp3) is 0.615. The molecule has 1 aliphatic rings. The second kappa shape index (κ2) is 5.61. The lowest BCUT2D eigenvalue weighted by molar-refractivity contribution is 0.764. The third kappa shape index (κ3) is 3.38. The van der Waals surface area contributed by atoms with Gasteiger partial charge in [0.25, 0.3) is 0 Å². The summed E-state index contributed by atoms with van der Waals surface area (Å²) in [6, 6.07) is 2.69. The van der Waals surface area contributed by atoms with Crippen LogP contribution < -0.4 is 10.6 Å². The van der Waals surface area contributed by atoms with Crippen LogP contribution in [0.15, 0.2) is 12.4 Å². The molecule has 2 rings (SSSR count). The molecule has 1 aliphatic carbocycles. The van der Waals surface area contributed by atoms with E-state index in [0.29, 0.717) is 16.9 Å². The van der Waals surface area contributed by atoms with E-state index in [-0.39, 0.29) is 0 Å². The number of hydrogen-bond acceptors (Lipinski definition) is 4. The Morgan fingerprint density at radius 1 is 1.50 bits per heavy atom. The Balaban J connectivity index is 2.14. The van der Waals surface area contributed by atoms with Crippen LogP contribution in [-0.2, 0) is 0 Å². The summed E-state index contributed by atoms with van der Waals surface area (Å²) in [5.74, 6) is 1.43. The highest BCUT2D eigenvalue weighted by molar-refractivity contribution is 7.80. The van der Waals surface area contributed by atoms with Gasteiger partial charge < -0.3 is 10.6 Å². The van der Waals surface area contributed by atoms with E-state index in [9.17, 15) is 0 Å². The molecule has 5 heteroatoms. The molecule has 1 heterocycles. The number of nitrogens with two attached hydrogens (primary N) is 1. The number of anilines is 1. The quantitative estimate of drug-likeness (QED) is 0.799. The Morgan fingerprint density at radius 2 is 2.22 bits per heavy atom. The summed E-state index contributed by atoms with van der Waals surface area (Å²) in [5, 5.41) is 0. The van der Waals surface area contributed by atoms with E-state index >= 15 is 0 Å². The van der Waals surface area contributed by atoms with Crippen LogP contribution in [0.1, 0.15) is 44.7 Å². The number of aromatic nitrogens is 2. The van der Waals surface area contributed by atoms with Gasteiger partial charge in [0, 0.05) is 30.8 Å². The molecule has 0 spiro atoms. The van der Waals surface area contributed by atoms with Gasteiger partial charge in [-0.25, -0.2) is 9.97 Å². The summed E-state index contributed by atoms with van der Waals surface area (Å²) in [4.78, 5) is 11.6. The Kier molecular flexibility index (Phi) is 4.11. The van der Waals surface area contributed by atoms with Crippen molar-refractivity contribution in [1.82, 2.24) is 9.97 Å². The van der Waals surface area contributed by atoms with E-state index < -0.39 is 0 Å². The van der Waals surface area contributed by atoms with Crippen LogP contribution in [0.5, 0.6) is 0 Å². The summed E-state index contributed by atoms with van der Waals surface area (Å²) in [6.07, 6.45) is 4.87. The number of hydrogen-bond donors (Lipinski definition) is 1. The van der Waals surface area contributed by atoms with Crippen molar-refractivity contribution in [2.24, 2.45) is 5.73 Å². The van der Waals surface area contributed by atoms with Gasteiger partial charge >= 0.3 is 0 Å². The van der Waals surface area contributed by atoms with E-state index in [0.717, 1.165) is 24.5 Å². The Hall–Kier alpha value is -1.23. The maximum Gasteiger partial charge on any atom is 0.132 e. The first-order chi connectivity index (χ1) is 8.58. The van der Waals surface area contributed by atoms with Crippen LogP contribution in [0.2, 0.25) is 0 Å². The van der Waals surface area contributed by atoms with Gasteiger partial charge in [0.05, 0.1) is 4.99 Å². The molecule has 0 bridgehead atoms. The Morgan fingerprint density at radius 3 is 2.78 bits per heavy atom. The summed E-state index contributed by atoms with van der Waals surface area (Å²) in [6.45, 7) is 5.14. The number of nitrogens with zero attached hydrogens (tertiary/aromatic N) is 3. The minimum Gasteiger partial charge on any atom is -0.393 e.